The molecule has 56 heavy (non-hydrogen) atoms. The molecule has 1 aliphatic heterocycles. The van der Waals surface area contributed by atoms with Gasteiger partial charge in [0.25, 0.3) is 0 Å². The molecule has 0 radical (unpaired) electrons. The van der Waals surface area contributed by atoms with Crippen LogP contribution in [0.15, 0.2) is 0 Å². The van der Waals surface area contributed by atoms with Crippen molar-refractivity contribution in [3.8, 4) is 0 Å². The lowest BCUT2D eigenvalue weighted by Crippen LogP contribution is -2.49. The van der Waals surface area contributed by atoms with Gasteiger partial charge >= 0.3 is 6.16 Å². The van der Waals surface area contributed by atoms with Crippen LogP contribution in [0.5, 0.6) is 0 Å². The molecule has 1 fully saturated rings. The van der Waals surface area contributed by atoms with Gasteiger partial charge in [0.05, 0.1) is 12.7 Å². The zero-order valence-electron chi connectivity index (χ0n) is 37.9. The maximum atomic E-state index is 13.4. The summed E-state index contributed by atoms with van der Waals surface area (Å²) in [6.45, 7) is 12.8. The van der Waals surface area contributed by atoms with E-state index in [0.717, 1.165) is 90.4 Å². The molecular formula is C48H95N3O5. The highest BCUT2D eigenvalue weighted by Gasteiger charge is 2.21. The molecule has 0 aromatic rings. The average Bonchev–Trinajstić information content (AvgIpc) is 3.19. The number of carbonyl (C=O) groups is 2. The van der Waals surface area contributed by atoms with Crippen LogP contribution in [0.3, 0.4) is 0 Å². The van der Waals surface area contributed by atoms with Crippen LogP contribution in [0.1, 0.15) is 226 Å². The summed E-state index contributed by atoms with van der Waals surface area (Å²) in [6.07, 6.45) is 36.9. The van der Waals surface area contributed by atoms with Gasteiger partial charge in [-0.2, -0.15) is 0 Å². The van der Waals surface area contributed by atoms with Gasteiger partial charge in [0.2, 0.25) is 5.91 Å². The summed E-state index contributed by atoms with van der Waals surface area (Å²) in [5.74, 6) is 0.188. The number of aliphatic hydroxyl groups is 1. The van der Waals surface area contributed by atoms with Gasteiger partial charge in [0.1, 0.15) is 6.10 Å². The number of likely N-dealkylation sites (N-methyl/N-ethyl adjacent to an activating group) is 1. The van der Waals surface area contributed by atoms with E-state index < -0.39 is 12.3 Å². The minimum Gasteiger partial charge on any atom is -0.434 e. The average molecular weight is 794 g/mol. The molecule has 0 aliphatic carbocycles. The van der Waals surface area contributed by atoms with E-state index in [0.29, 0.717) is 32.7 Å². The molecule has 0 spiro atoms. The lowest BCUT2D eigenvalue weighted by atomic mass is 10.0. The van der Waals surface area contributed by atoms with Crippen LogP contribution in [0, 0.1) is 0 Å². The number of aliphatic hydroxyl groups excluding tert-OH is 1. The summed E-state index contributed by atoms with van der Waals surface area (Å²) >= 11 is 0. The van der Waals surface area contributed by atoms with Crippen LogP contribution >= 0.6 is 0 Å². The molecule has 0 aromatic heterocycles. The van der Waals surface area contributed by atoms with E-state index >= 15 is 0 Å². The van der Waals surface area contributed by atoms with Crippen molar-refractivity contribution in [1.29, 1.82) is 0 Å². The van der Waals surface area contributed by atoms with Gasteiger partial charge in [-0.1, -0.05) is 168 Å². The van der Waals surface area contributed by atoms with Crippen LogP contribution in [0.4, 0.5) is 4.79 Å². The number of hydrogen-bond donors (Lipinski definition) is 1. The van der Waals surface area contributed by atoms with Crippen molar-refractivity contribution in [1.82, 2.24) is 14.7 Å². The first-order valence-electron chi connectivity index (χ1n) is 24.6. The predicted octanol–water partition coefficient (Wildman–Crippen LogP) is 12.5. The summed E-state index contributed by atoms with van der Waals surface area (Å²) < 4.78 is 11.3. The van der Waals surface area contributed by atoms with Gasteiger partial charge in [0.15, 0.2) is 0 Å². The molecule has 1 aliphatic rings. The number of rotatable bonds is 40. The highest BCUT2D eigenvalue weighted by Crippen LogP contribution is 2.18. The fraction of sp³-hybridized carbons (Fsp3) is 0.958. The number of hydrogen-bond acceptors (Lipinski definition) is 7. The lowest BCUT2D eigenvalue weighted by Gasteiger charge is -2.34. The van der Waals surface area contributed by atoms with E-state index in [2.05, 4.69) is 37.6 Å². The van der Waals surface area contributed by atoms with E-state index in [1.807, 2.05) is 4.90 Å². The first-order valence-corrected chi connectivity index (χ1v) is 24.6. The summed E-state index contributed by atoms with van der Waals surface area (Å²) in [4.78, 5) is 32.6. The first-order chi connectivity index (χ1) is 27.4. The second kappa shape index (κ2) is 39.1. The Morgan fingerprint density at radius 3 is 1.52 bits per heavy atom. The Morgan fingerprint density at radius 2 is 1.00 bits per heavy atom. The van der Waals surface area contributed by atoms with Crippen molar-refractivity contribution in [2.24, 2.45) is 0 Å². The van der Waals surface area contributed by atoms with E-state index in [1.165, 1.54) is 135 Å². The third kappa shape index (κ3) is 32.6. The van der Waals surface area contributed by atoms with Gasteiger partial charge in [0, 0.05) is 52.2 Å². The third-order valence-corrected chi connectivity index (χ3v) is 11.9. The van der Waals surface area contributed by atoms with Crippen molar-refractivity contribution < 1.29 is 24.2 Å². The molecule has 0 saturated carbocycles. The maximum absolute atomic E-state index is 13.4. The van der Waals surface area contributed by atoms with E-state index in [4.69, 9.17) is 9.47 Å². The van der Waals surface area contributed by atoms with Crippen molar-refractivity contribution in [2.75, 3.05) is 59.5 Å². The Bertz CT molecular complexity index is 868. The van der Waals surface area contributed by atoms with Gasteiger partial charge in [-0.3, -0.25) is 9.69 Å². The van der Waals surface area contributed by atoms with Crippen LogP contribution in [-0.2, 0) is 14.3 Å². The van der Waals surface area contributed by atoms with Crippen LogP contribution in [0.25, 0.3) is 0 Å². The SMILES string of the molecule is CCCCCCCCCCCCCCCCCC(=O)N(CCCCCCOC(=O)OC(CCCCCC)CCCCCCCC)CC(O)CN1CCN(C)CC1. The van der Waals surface area contributed by atoms with Crippen LogP contribution < -0.4 is 0 Å². The van der Waals surface area contributed by atoms with Crippen molar-refractivity contribution in [3.05, 3.63) is 0 Å². The van der Waals surface area contributed by atoms with Crippen LogP contribution in [-0.4, -0.2) is 104 Å². The molecule has 0 bridgehead atoms. The number of carbonyl (C=O) groups excluding carboxylic acids is 2. The molecule has 1 saturated heterocycles. The minimum absolute atomic E-state index is 0.0324. The lowest BCUT2D eigenvalue weighted by molar-refractivity contribution is -0.133. The Labute approximate surface area is 348 Å². The molecule has 8 nitrogen and oxygen atoms in total. The monoisotopic (exact) mass is 794 g/mol. The zero-order chi connectivity index (χ0) is 40.7. The summed E-state index contributed by atoms with van der Waals surface area (Å²) in [5.41, 5.74) is 0. The second-order valence-corrected chi connectivity index (χ2v) is 17.5. The van der Waals surface area contributed by atoms with Crippen molar-refractivity contribution in [2.45, 2.75) is 238 Å². The summed E-state index contributed by atoms with van der Waals surface area (Å²) in [6, 6.07) is 0. The molecule has 0 aromatic carbocycles. The van der Waals surface area contributed by atoms with E-state index in [1.54, 1.807) is 0 Å². The predicted molar refractivity (Wildman–Crippen MR) is 238 cm³/mol. The fourth-order valence-electron chi connectivity index (χ4n) is 8.06. The fourth-order valence-corrected chi connectivity index (χ4v) is 8.06. The zero-order valence-corrected chi connectivity index (χ0v) is 37.9. The quantitative estimate of drug-likeness (QED) is 0.0488. The summed E-state index contributed by atoms with van der Waals surface area (Å²) in [7, 11) is 2.15. The molecule has 1 rings (SSSR count). The molecule has 1 N–H and O–H groups in total. The van der Waals surface area contributed by atoms with E-state index in [-0.39, 0.29) is 12.0 Å². The number of ether oxygens (including phenoxy) is 2. The van der Waals surface area contributed by atoms with Gasteiger partial charge in [-0.05, 0) is 58.4 Å². The number of unbranched alkanes of at least 4 members (excludes halogenated alkanes) is 25. The van der Waals surface area contributed by atoms with Crippen molar-refractivity contribution >= 4 is 12.1 Å². The molecule has 332 valence electrons. The second-order valence-electron chi connectivity index (χ2n) is 17.5. The summed E-state index contributed by atoms with van der Waals surface area (Å²) in [5, 5.41) is 11.0. The van der Waals surface area contributed by atoms with Gasteiger partial charge in [-0.15, -0.1) is 0 Å². The highest BCUT2D eigenvalue weighted by molar-refractivity contribution is 5.76. The van der Waals surface area contributed by atoms with Crippen molar-refractivity contribution in [3.63, 3.8) is 0 Å². The molecular weight excluding hydrogens is 699 g/mol. The molecule has 2 unspecified atom stereocenters. The highest BCUT2D eigenvalue weighted by atomic mass is 16.7. The number of β-amino-alcohol motifs (C(OH)–C–C–N with tert-alkyl or cyclic N) is 1. The third-order valence-electron chi connectivity index (χ3n) is 11.9. The Morgan fingerprint density at radius 1 is 0.571 bits per heavy atom. The Balaban J connectivity index is 2.35. The minimum atomic E-state index is -0.528. The maximum Gasteiger partial charge on any atom is 0.508 e. The number of nitrogens with zero attached hydrogens (tertiary/aromatic N) is 3. The van der Waals surface area contributed by atoms with Crippen LogP contribution in [0.2, 0.25) is 0 Å². The first kappa shape index (κ1) is 52.6. The molecule has 8 heteroatoms. The topological polar surface area (TPSA) is 82.5 Å². The van der Waals surface area contributed by atoms with Gasteiger partial charge in [-0.25, -0.2) is 4.79 Å². The smallest absolute Gasteiger partial charge is 0.434 e. The molecule has 2 atom stereocenters. The van der Waals surface area contributed by atoms with Gasteiger partial charge < -0.3 is 24.4 Å². The van der Waals surface area contributed by atoms with E-state index in [9.17, 15) is 14.7 Å². The number of piperazine rings is 1. The number of amides is 1. The largest absolute Gasteiger partial charge is 0.508 e. The standard InChI is InChI=1S/C48H95N3O5/c1-5-8-11-14-16-17-18-19-20-21-22-23-24-26-31-36-47(53)51(44-45(52)43-50-40-38-49(4)39-41-50)37-32-27-28-33-42-55-48(54)56-46(34-29-13-10-7-3)35-30-25-15-12-9-6-2/h45-46,52H,5-44H2,1-4H3. The Hall–Kier alpha value is -1.38. The molecule has 1 amide bonds. The molecule has 1 heterocycles. The Kier molecular flexibility index (Phi) is 36.8. The normalized spacial score (nSPS) is 14.9.